The number of ether oxygens (including phenoxy) is 2. The zero-order valence-corrected chi connectivity index (χ0v) is 12.1. The zero-order valence-electron chi connectivity index (χ0n) is 12.1. The number of methoxy groups -OCH3 is 2. The first-order valence-electron chi connectivity index (χ1n) is 6.35. The molecule has 0 aliphatic carbocycles. The van der Waals surface area contributed by atoms with Crippen LogP contribution in [-0.2, 0) is 6.42 Å². The monoisotopic (exact) mass is 279 g/mol. The molecule has 5 heteroatoms. The second kappa shape index (κ2) is 7.55. The minimum Gasteiger partial charge on any atom is -0.493 e. The normalized spacial score (nSPS) is 11.6. The van der Waals surface area contributed by atoms with Crippen molar-refractivity contribution in [1.29, 1.82) is 0 Å². The third kappa shape index (κ3) is 3.99. The van der Waals surface area contributed by atoms with E-state index in [0.717, 1.165) is 5.56 Å². The predicted octanol–water partition coefficient (Wildman–Crippen LogP) is 1.54. The van der Waals surface area contributed by atoms with Crippen molar-refractivity contribution in [2.45, 2.75) is 19.4 Å². The van der Waals surface area contributed by atoms with Crippen molar-refractivity contribution in [1.82, 2.24) is 5.32 Å². The Morgan fingerprint density at radius 2 is 2.15 bits per heavy atom. The van der Waals surface area contributed by atoms with Gasteiger partial charge in [-0.25, -0.2) is 0 Å². The van der Waals surface area contributed by atoms with Crippen LogP contribution in [0.3, 0.4) is 0 Å². The molecule has 0 fully saturated rings. The Hall–Kier alpha value is -2.01. The number of nitrogens with one attached hydrogen (secondary N) is 1. The number of rotatable bonds is 7. The summed E-state index contributed by atoms with van der Waals surface area (Å²) in [7, 11) is 3.07. The first kappa shape index (κ1) is 16.0. The van der Waals surface area contributed by atoms with E-state index in [9.17, 15) is 9.90 Å². The Labute approximate surface area is 119 Å². The Morgan fingerprint density at radius 1 is 1.45 bits per heavy atom. The summed E-state index contributed by atoms with van der Waals surface area (Å²) < 4.78 is 10.6. The van der Waals surface area contributed by atoms with E-state index in [1.54, 1.807) is 32.2 Å². The SMILES string of the molecule is C=CCc1cc(C(=O)NCC(C)O)cc(OC)c1OC. The van der Waals surface area contributed by atoms with Gasteiger partial charge in [0.2, 0.25) is 0 Å². The predicted molar refractivity (Wildman–Crippen MR) is 77.5 cm³/mol. The molecule has 1 atom stereocenters. The van der Waals surface area contributed by atoms with E-state index in [1.807, 2.05) is 0 Å². The number of allylic oxidation sites excluding steroid dienone is 1. The number of hydrogen-bond donors (Lipinski definition) is 2. The molecule has 110 valence electrons. The molecule has 1 amide bonds. The molecule has 1 aromatic carbocycles. The molecule has 5 nitrogen and oxygen atoms in total. The van der Waals surface area contributed by atoms with Gasteiger partial charge in [-0.15, -0.1) is 6.58 Å². The van der Waals surface area contributed by atoms with Gasteiger partial charge < -0.3 is 19.9 Å². The molecular weight excluding hydrogens is 258 g/mol. The second-order valence-corrected chi connectivity index (χ2v) is 4.42. The van der Waals surface area contributed by atoms with Crippen molar-refractivity contribution < 1.29 is 19.4 Å². The lowest BCUT2D eigenvalue weighted by atomic mass is 10.0. The van der Waals surface area contributed by atoms with Crippen molar-refractivity contribution in [3.05, 3.63) is 35.9 Å². The summed E-state index contributed by atoms with van der Waals surface area (Å²) >= 11 is 0. The lowest BCUT2D eigenvalue weighted by Crippen LogP contribution is -2.30. The molecule has 1 rings (SSSR count). The maximum absolute atomic E-state index is 12.0. The highest BCUT2D eigenvalue weighted by Gasteiger charge is 2.15. The number of aliphatic hydroxyl groups excluding tert-OH is 1. The molecule has 0 radical (unpaired) electrons. The maximum Gasteiger partial charge on any atom is 0.251 e. The van der Waals surface area contributed by atoms with Crippen molar-refractivity contribution in [2.75, 3.05) is 20.8 Å². The van der Waals surface area contributed by atoms with Crippen LogP contribution in [0.25, 0.3) is 0 Å². The fourth-order valence-corrected chi connectivity index (χ4v) is 1.82. The highest BCUT2D eigenvalue weighted by atomic mass is 16.5. The Morgan fingerprint density at radius 3 is 2.65 bits per heavy atom. The van der Waals surface area contributed by atoms with E-state index in [1.165, 1.54) is 7.11 Å². The van der Waals surface area contributed by atoms with Crippen LogP contribution in [0.15, 0.2) is 24.8 Å². The standard InChI is InChI=1S/C15H21NO4/c1-5-6-11-7-12(15(18)16-9-10(2)17)8-13(19-3)14(11)20-4/h5,7-8,10,17H,1,6,9H2,2-4H3,(H,16,18). The molecule has 1 unspecified atom stereocenters. The third-order valence-corrected chi connectivity index (χ3v) is 2.74. The number of amides is 1. The summed E-state index contributed by atoms with van der Waals surface area (Å²) in [5.74, 6) is 0.825. The highest BCUT2D eigenvalue weighted by molar-refractivity contribution is 5.95. The van der Waals surface area contributed by atoms with Gasteiger partial charge in [0.05, 0.1) is 20.3 Å². The summed E-state index contributed by atoms with van der Waals surface area (Å²) in [6, 6.07) is 3.35. The first-order chi connectivity index (χ1) is 9.53. The van der Waals surface area contributed by atoms with Crippen LogP contribution < -0.4 is 14.8 Å². The number of carbonyl (C=O) groups is 1. The average Bonchev–Trinajstić information content (AvgIpc) is 2.44. The van der Waals surface area contributed by atoms with Crippen LogP contribution in [0.1, 0.15) is 22.8 Å². The Bertz CT molecular complexity index is 483. The van der Waals surface area contributed by atoms with E-state index in [0.29, 0.717) is 23.5 Å². The smallest absolute Gasteiger partial charge is 0.251 e. The number of benzene rings is 1. The maximum atomic E-state index is 12.0. The largest absolute Gasteiger partial charge is 0.493 e. The summed E-state index contributed by atoms with van der Waals surface area (Å²) in [5.41, 5.74) is 1.28. The molecule has 0 aliphatic heterocycles. The molecule has 0 aromatic heterocycles. The summed E-state index contributed by atoms with van der Waals surface area (Å²) in [6.07, 6.45) is 1.71. The fourth-order valence-electron chi connectivity index (χ4n) is 1.82. The molecular formula is C15H21NO4. The van der Waals surface area contributed by atoms with Crippen LogP contribution >= 0.6 is 0 Å². The quantitative estimate of drug-likeness (QED) is 0.743. The van der Waals surface area contributed by atoms with Crippen LogP contribution in [0, 0.1) is 0 Å². The van der Waals surface area contributed by atoms with Crippen molar-refractivity contribution in [3.8, 4) is 11.5 Å². The fraction of sp³-hybridized carbons (Fsp3) is 0.400. The second-order valence-electron chi connectivity index (χ2n) is 4.42. The molecule has 0 spiro atoms. The Balaban J connectivity index is 3.11. The topological polar surface area (TPSA) is 67.8 Å². The third-order valence-electron chi connectivity index (χ3n) is 2.74. The molecule has 0 aliphatic rings. The van der Waals surface area contributed by atoms with Gasteiger partial charge in [-0.3, -0.25) is 4.79 Å². The highest BCUT2D eigenvalue weighted by Crippen LogP contribution is 2.33. The van der Waals surface area contributed by atoms with Crippen molar-refractivity contribution >= 4 is 5.91 Å². The molecule has 0 saturated heterocycles. The van der Waals surface area contributed by atoms with Crippen LogP contribution in [0.5, 0.6) is 11.5 Å². The van der Waals surface area contributed by atoms with Gasteiger partial charge in [-0.2, -0.15) is 0 Å². The van der Waals surface area contributed by atoms with E-state index in [4.69, 9.17) is 9.47 Å². The van der Waals surface area contributed by atoms with Gasteiger partial charge in [-0.05, 0) is 25.5 Å². The van der Waals surface area contributed by atoms with E-state index >= 15 is 0 Å². The number of hydrogen-bond acceptors (Lipinski definition) is 4. The number of aliphatic hydroxyl groups is 1. The van der Waals surface area contributed by atoms with Gasteiger partial charge in [0.15, 0.2) is 11.5 Å². The van der Waals surface area contributed by atoms with Gasteiger partial charge >= 0.3 is 0 Å². The van der Waals surface area contributed by atoms with E-state index < -0.39 is 6.10 Å². The minimum atomic E-state index is -0.591. The van der Waals surface area contributed by atoms with Crippen LogP contribution in [0.2, 0.25) is 0 Å². The van der Waals surface area contributed by atoms with Crippen LogP contribution in [-0.4, -0.2) is 37.9 Å². The van der Waals surface area contributed by atoms with Gasteiger partial charge in [0.1, 0.15) is 0 Å². The lowest BCUT2D eigenvalue weighted by Gasteiger charge is -2.14. The molecule has 20 heavy (non-hydrogen) atoms. The van der Waals surface area contributed by atoms with E-state index in [2.05, 4.69) is 11.9 Å². The molecule has 0 bridgehead atoms. The van der Waals surface area contributed by atoms with E-state index in [-0.39, 0.29) is 12.5 Å². The first-order valence-corrected chi connectivity index (χ1v) is 6.35. The lowest BCUT2D eigenvalue weighted by molar-refractivity contribution is 0.0923. The van der Waals surface area contributed by atoms with Gasteiger partial charge in [0, 0.05) is 17.7 Å². The van der Waals surface area contributed by atoms with Gasteiger partial charge in [-0.1, -0.05) is 6.08 Å². The molecule has 2 N–H and O–H groups in total. The van der Waals surface area contributed by atoms with Crippen molar-refractivity contribution in [3.63, 3.8) is 0 Å². The Kier molecular flexibility index (Phi) is 6.06. The molecule has 1 aromatic rings. The minimum absolute atomic E-state index is 0.198. The zero-order chi connectivity index (χ0) is 15.1. The molecule has 0 saturated carbocycles. The summed E-state index contributed by atoms with van der Waals surface area (Å²) in [4.78, 5) is 12.0. The summed E-state index contributed by atoms with van der Waals surface area (Å²) in [6.45, 7) is 5.50. The van der Waals surface area contributed by atoms with Crippen LogP contribution in [0.4, 0.5) is 0 Å². The molecule has 0 heterocycles. The number of carbonyl (C=O) groups excluding carboxylic acids is 1. The average molecular weight is 279 g/mol. The van der Waals surface area contributed by atoms with Crippen molar-refractivity contribution in [2.24, 2.45) is 0 Å². The summed E-state index contributed by atoms with van der Waals surface area (Å²) in [5, 5.41) is 11.8. The van der Waals surface area contributed by atoms with Gasteiger partial charge in [0.25, 0.3) is 5.91 Å².